The summed E-state index contributed by atoms with van der Waals surface area (Å²) in [5, 5.41) is -0.220. The third kappa shape index (κ3) is 3.08. The van der Waals surface area contributed by atoms with Gasteiger partial charge < -0.3 is 9.72 Å². The number of H-pyrrole nitrogens is 1. The number of para-hydroxylation sites is 1. The zero-order valence-corrected chi connectivity index (χ0v) is 13.7. The van der Waals surface area contributed by atoms with Gasteiger partial charge in [-0.3, -0.25) is 4.79 Å². The van der Waals surface area contributed by atoms with Gasteiger partial charge in [0.2, 0.25) is 5.43 Å². The second-order valence-electron chi connectivity index (χ2n) is 5.52. The molecular weight excluding hydrogens is 347 g/mol. The Kier molecular flexibility index (Phi) is 4.54. The fraction of sp³-hybridized carbons (Fsp3) is 0.158. The van der Waals surface area contributed by atoms with Crippen molar-refractivity contribution in [2.45, 2.75) is 13.1 Å². The SMILES string of the molecule is CCOC(=O)c1c(-c2ccccc2)[nH]c2c(C(F)(F)F)cccc2c1=O. The predicted molar refractivity (Wildman–Crippen MR) is 91.0 cm³/mol. The summed E-state index contributed by atoms with van der Waals surface area (Å²) in [6, 6.07) is 11.5. The quantitative estimate of drug-likeness (QED) is 0.704. The minimum absolute atomic E-state index is 0.00162. The highest BCUT2D eigenvalue weighted by Gasteiger charge is 2.34. The highest BCUT2D eigenvalue weighted by molar-refractivity contribution is 6.00. The average molecular weight is 361 g/mol. The second kappa shape index (κ2) is 6.67. The molecule has 0 spiro atoms. The number of carbonyl (C=O) groups excluding carboxylic acids is 1. The van der Waals surface area contributed by atoms with E-state index >= 15 is 0 Å². The highest BCUT2D eigenvalue weighted by Crippen LogP contribution is 2.34. The van der Waals surface area contributed by atoms with Gasteiger partial charge in [-0.05, 0) is 24.6 Å². The molecule has 0 unspecified atom stereocenters. The summed E-state index contributed by atoms with van der Waals surface area (Å²) in [6.07, 6.45) is -4.65. The second-order valence-corrected chi connectivity index (χ2v) is 5.52. The third-order valence-corrected chi connectivity index (χ3v) is 3.88. The molecule has 134 valence electrons. The van der Waals surface area contributed by atoms with Crippen LogP contribution in [0.15, 0.2) is 53.3 Å². The number of alkyl halides is 3. The zero-order valence-electron chi connectivity index (χ0n) is 13.7. The van der Waals surface area contributed by atoms with Crippen LogP contribution in [0.4, 0.5) is 13.2 Å². The zero-order chi connectivity index (χ0) is 18.9. The lowest BCUT2D eigenvalue weighted by atomic mass is 10.0. The molecule has 3 rings (SSSR count). The summed E-state index contributed by atoms with van der Waals surface area (Å²) in [4.78, 5) is 27.8. The van der Waals surface area contributed by atoms with Gasteiger partial charge in [-0.25, -0.2) is 4.79 Å². The van der Waals surface area contributed by atoms with E-state index in [1.807, 2.05) is 0 Å². The number of ether oxygens (including phenoxy) is 1. The summed E-state index contributed by atoms with van der Waals surface area (Å²) >= 11 is 0. The number of carbonyl (C=O) groups is 1. The molecule has 0 radical (unpaired) electrons. The standard InChI is InChI=1S/C19H14F3NO3/c1-2-26-18(25)14-15(11-7-4-3-5-8-11)23-16-12(17(14)24)9-6-10-13(16)19(20,21)22/h3-10H,2H2,1H3,(H,23,24). The van der Waals surface area contributed by atoms with E-state index in [0.717, 1.165) is 12.1 Å². The molecule has 26 heavy (non-hydrogen) atoms. The van der Waals surface area contributed by atoms with Crippen LogP contribution in [0.25, 0.3) is 22.2 Å². The maximum absolute atomic E-state index is 13.3. The highest BCUT2D eigenvalue weighted by atomic mass is 19.4. The first-order chi connectivity index (χ1) is 12.3. The van der Waals surface area contributed by atoms with Crippen molar-refractivity contribution in [3.8, 4) is 11.3 Å². The molecule has 0 atom stereocenters. The molecule has 0 aliphatic carbocycles. The Hall–Kier alpha value is -3.09. The number of aromatic amines is 1. The van der Waals surface area contributed by atoms with E-state index in [9.17, 15) is 22.8 Å². The van der Waals surface area contributed by atoms with Crippen molar-refractivity contribution in [2.75, 3.05) is 6.61 Å². The maximum Gasteiger partial charge on any atom is 0.418 e. The number of rotatable bonds is 3. The molecule has 0 aliphatic rings. The van der Waals surface area contributed by atoms with E-state index in [1.54, 1.807) is 37.3 Å². The van der Waals surface area contributed by atoms with Crippen molar-refractivity contribution in [1.82, 2.24) is 4.98 Å². The summed E-state index contributed by atoms with van der Waals surface area (Å²) in [7, 11) is 0. The number of fused-ring (bicyclic) bond motifs is 1. The van der Waals surface area contributed by atoms with E-state index in [2.05, 4.69) is 4.98 Å². The number of nitrogens with one attached hydrogen (secondary N) is 1. The molecule has 0 aliphatic heterocycles. The van der Waals surface area contributed by atoms with Crippen LogP contribution in [0.1, 0.15) is 22.8 Å². The monoisotopic (exact) mass is 361 g/mol. The van der Waals surface area contributed by atoms with Gasteiger partial charge >= 0.3 is 12.1 Å². The third-order valence-electron chi connectivity index (χ3n) is 3.88. The van der Waals surface area contributed by atoms with Gasteiger partial charge in [-0.2, -0.15) is 13.2 Å². The normalized spacial score (nSPS) is 11.5. The Morgan fingerprint density at radius 2 is 1.77 bits per heavy atom. The van der Waals surface area contributed by atoms with Crippen LogP contribution in [0.5, 0.6) is 0 Å². The van der Waals surface area contributed by atoms with Gasteiger partial charge in [-0.15, -0.1) is 0 Å². The van der Waals surface area contributed by atoms with Gasteiger partial charge in [-0.1, -0.05) is 36.4 Å². The molecule has 0 saturated carbocycles. The van der Waals surface area contributed by atoms with Crippen LogP contribution in [-0.2, 0) is 10.9 Å². The van der Waals surface area contributed by atoms with Crippen molar-refractivity contribution in [3.63, 3.8) is 0 Å². The molecule has 4 nitrogen and oxygen atoms in total. The fourth-order valence-electron chi connectivity index (χ4n) is 2.77. The van der Waals surface area contributed by atoms with E-state index < -0.39 is 23.1 Å². The lowest BCUT2D eigenvalue weighted by Crippen LogP contribution is -2.21. The summed E-state index contributed by atoms with van der Waals surface area (Å²) in [5.74, 6) is -0.882. The van der Waals surface area contributed by atoms with Gasteiger partial charge in [0.1, 0.15) is 5.56 Å². The van der Waals surface area contributed by atoms with Crippen LogP contribution in [-0.4, -0.2) is 17.6 Å². The summed E-state index contributed by atoms with van der Waals surface area (Å²) in [5.41, 5.74) is -2.05. The predicted octanol–water partition coefficient (Wildman–Crippen LogP) is 4.39. The first kappa shape index (κ1) is 17.7. The molecule has 1 aromatic heterocycles. The van der Waals surface area contributed by atoms with Crippen LogP contribution in [0.2, 0.25) is 0 Å². The fourth-order valence-corrected chi connectivity index (χ4v) is 2.77. The number of halogens is 3. The molecule has 0 bridgehead atoms. The van der Waals surface area contributed by atoms with Gasteiger partial charge in [0.25, 0.3) is 0 Å². The molecule has 0 fully saturated rings. The van der Waals surface area contributed by atoms with Gasteiger partial charge in [0.05, 0.1) is 23.4 Å². The number of benzene rings is 2. The lowest BCUT2D eigenvalue weighted by Gasteiger charge is -2.14. The number of hydrogen-bond donors (Lipinski definition) is 1. The van der Waals surface area contributed by atoms with Crippen molar-refractivity contribution in [2.24, 2.45) is 0 Å². The van der Waals surface area contributed by atoms with Gasteiger partial charge in [0, 0.05) is 5.39 Å². The van der Waals surface area contributed by atoms with Gasteiger partial charge in [0.15, 0.2) is 0 Å². The van der Waals surface area contributed by atoms with Crippen molar-refractivity contribution in [3.05, 3.63) is 69.9 Å². The molecule has 3 aromatic rings. The first-order valence-corrected chi connectivity index (χ1v) is 7.83. The average Bonchev–Trinajstić information content (AvgIpc) is 2.61. The van der Waals surface area contributed by atoms with Crippen molar-refractivity contribution < 1.29 is 22.7 Å². The molecule has 0 saturated heterocycles. The Labute approximate surface area is 146 Å². The largest absolute Gasteiger partial charge is 0.462 e. The van der Waals surface area contributed by atoms with E-state index in [1.165, 1.54) is 6.07 Å². The minimum Gasteiger partial charge on any atom is -0.462 e. The van der Waals surface area contributed by atoms with Crippen LogP contribution >= 0.6 is 0 Å². The Morgan fingerprint density at radius 1 is 1.08 bits per heavy atom. The molecular formula is C19H14F3NO3. The minimum atomic E-state index is -4.65. The van der Waals surface area contributed by atoms with E-state index in [0.29, 0.717) is 5.56 Å². The van der Waals surface area contributed by atoms with E-state index in [-0.39, 0.29) is 28.8 Å². The molecule has 1 heterocycles. The number of pyridine rings is 1. The smallest absolute Gasteiger partial charge is 0.418 e. The molecule has 2 aromatic carbocycles. The molecule has 1 N–H and O–H groups in total. The molecule has 7 heteroatoms. The summed E-state index contributed by atoms with van der Waals surface area (Å²) < 4.78 is 45.0. The topological polar surface area (TPSA) is 59.2 Å². The Morgan fingerprint density at radius 3 is 2.38 bits per heavy atom. The van der Waals surface area contributed by atoms with Crippen LogP contribution in [0.3, 0.4) is 0 Å². The number of esters is 1. The number of aromatic nitrogens is 1. The molecule has 0 amide bonds. The summed E-state index contributed by atoms with van der Waals surface area (Å²) in [6.45, 7) is 1.62. The van der Waals surface area contributed by atoms with Crippen molar-refractivity contribution >= 4 is 16.9 Å². The Bertz CT molecular complexity index is 1020. The van der Waals surface area contributed by atoms with E-state index in [4.69, 9.17) is 4.74 Å². The lowest BCUT2D eigenvalue weighted by molar-refractivity contribution is -0.136. The number of hydrogen-bond acceptors (Lipinski definition) is 3. The maximum atomic E-state index is 13.3. The van der Waals surface area contributed by atoms with Crippen LogP contribution < -0.4 is 5.43 Å². The van der Waals surface area contributed by atoms with Crippen molar-refractivity contribution in [1.29, 1.82) is 0 Å². The van der Waals surface area contributed by atoms with Crippen LogP contribution in [0, 0.1) is 0 Å². The first-order valence-electron chi connectivity index (χ1n) is 7.83. The Balaban J connectivity index is 2.44.